The molecule has 1 aromatic heterocycles. The molecule has 1 aliphatic heterocycles. The Balaban J connectivity index is 1.74. The van der Waals surface area contributed by atoms with Gasteiger partial charge in [0.25, 0.3) is 0 Å². The van der Waals surface area contributed by atoms with E-state index in [0.717, 1.165) is 25.9 Å². The molecule has 2 N–H and O–H groups in total. The van der Waals surface area contributed by atoms with Gasteiger partial charge in [-0.3, -0.25) is 0 Å². The van der Waals surface area contributed by atoms with Crippen LogP contribution in [-0.4, -0.2) is 42.3 Å². The quantitative estimate of drug-likeness (QED) is 0.414. The van der Waals surface area contributed by atoms with E-state index in [1.165, 1.54) is 12.8 Å². The van der Waals surface area contributed by atoms with E-state index in [1.54, 1.807) is 26.4 Å². The normalized spacial score (nSPS) is 13.9. The molecule has 0 saturated carbocycles. The van der Waals surface area contributed by atoms with Crippen LogP contribution >= 0.6 is 23.2 Å². The summed E-state index contributed by atoms with van der Waals surface area (Å²) >= 11 is 12.8. The van der Waals surface area contributed by atoms with Crippen molar-refractivity contribution < 1.29 is 9.47 Å². The number of halogens is 2. The number of benzene rings is 2. The molecule has 0 bridgehead atoms. The standard InChI is InChI=1S/C23H26Cl2N6O2/c1-32-17-11-7-9-15(24)19(17)26-21-28-22(27-20-16(25)10-8-12-18(20)33-2)30-23(29-21)31-13-5-3-4-6-14-31/h7-12H,3-6,13-14H2,1-2H3,(H2,26,27,28,29,30). The van der Waals surface area contributed by atoms with Crippen LogP contribution in [0.3, 0.4) is 0 Å². The number of aromatic nitrogens is 3. The van der Waals surface area contributed by atoms with Crippen LogP contribution in [0, 0.1) is 0 Å². The van der Waals surface area contributed by atoms with Crippen LogP contribution in [0.2, 0.25) is 10.0 Å². The van der Waals surface area contributed by atoms with Crippen molar-refractivity contribution >= 4 is 52.4 Å². The van der Waals surface area contributed by atoms with Crippen LogP contribution in [0.4, 0.5) is 29.2 Å². The third-order valence-electron chi connectivity index (χ3n) is 5.38. The fraction of sp³-hybridized carbons (Fsp3) is 0.348. The largest absolute Gasteiger partial charge is 0.495 e. The van der Waals surface area contributed by atoms with Crippen molar-refractivity contribution in [3.05, 3.63) is 46.4 Å². The predicted octanol–water partition coefficient (Wildman–Crippen LogP) is 6.06. The Morgan fingerprint density at radius 2 is 1.21 bits per heavy atom. The number of nitrogens with zero attached hydrogens (tertiary/aromatic N) is 4. The molecule has 1 fully saturated rings. The average molecular weight is 489 g/mol. The number of anilines is 5. The lowest BCUT2D eigenvalue weighted by Gasteiger charge is -2.22. The van der Waals surface area contributed by atoms with Gasteiger partial charge >= 0.3 is 0 Å². The van der Waals surface area contributed by atoms with Gasteiger partial charge in [-0.15, -0.1) is 0 Å². The highest BCUT2D eigenvalue weighted by atomic mass is 35.5. The molecule has 0 radical (unpaired) electrons. The lowest BCUT2D eigenvalue weighted by molar-refractivity contribution is 0.417. The van der Waals surface area contributed by atoms with E-state index in [9.17, 15) is 0 Å². The summed E-state index contributed by atoms with van der Waals surface area (Å²) in [5, 5.41) is 7.40. The van der Waals surface area contributed by atoms with Crippen LogP contribution < -0.4 is 25.0 Å². The van der Waals surface area contributed by atoms with Crippen molar-refractivity contribution in [2.45, 2.75) is 25.7 Å². The Hall–Kier alpha value is -2.97. The molecule has 3 aromatic rings. The smallest absolute Gasteiger partial charge is 0.233 e. The number of hydrogen-bond acceptors (Lipinski definition) is 8. The molecule has 4 rings (SSSR count). The molecule has 8 nitrogen and oxygen atoms in total. The summed E-state index contributed by atoms with van der Waals surface area (Å²) in [6.45, 7) is 1.77. The van der Waals surface area contributed by atoms with Crippen molar-refractivity contribution in [3.63, 3.8) is 0 Å². The van der Waals surface area contributed by atoms with Gasteiger partial charge in [0.05, 0.1) is 24.3 Å². The maximum atomic E-state index is 6.42. The summed E-state index contributed by atoms with van der Waals surface area (Å²) in [6.07, 6.45) is 4.58. The zero-order valence-electron chi connectivity index (χ0n) is 18.6. The molecule has 10 heteroatoms. The Labute approximate surface area is 203 Å². The number of rotatable bonds is 7. The fourth-order valence-electron chi connectivity index (χ4n) is 3.70. The minimum Gasteiger partial charge on any atom is -0.495 e. The molecular formula is C23H26Cl2N6O2. The highest BCUT2D eigenvalue weighted by Crippen LogP contribution is 2.36. The minimum atomic E-state index is 0.337. The van der Waals surface area contributed by atoms with Gasteiger partial charge in [-0.2, -0.15) is 15.0 Å². The average Bonchev–Trinajstić information content (AvgIpc) is 3.11. The fourth-order valence-corrected chi connectivity index (χ4v) is 4.13. The second-order valence-corrected chi connectivity index (χ2v) is 8.38. The molecule has 2 aromatic carbocycles. The second kappa shape index (κ2) is 10.8. The highest BCUT2D eigenvalue weighted by molar-refractivity contribution is 6.34. The molecule has 174 valence electrons. The first-order chi connectivity index (χ1) is 16.1. The topological polar surface area (TPSA) is 84.4 Å². The number of methoxy groups -OCH3 is 2. The maximum absolute atomic E-state index is 6.42. The Bertz CT molecular complexity index is 1030. The minimum absolute atomic E-state index is 0.337. The van der Waals surface area contributed by atoms with E-state index in [1.807, 2.05) is 24.3 Å². The molecule has 0 aliphatic carbocycles. The van der Waals surface area contributed by atoms with E-state index < -0.39 is 0 Å². The van der Waals surface area contributed by atoms with Gasteiger partial charge in [-0.1, -0.05) is 48.2 Å². The first-order valence-corrected chi connectivity index (χ1v) is 11.5. The SMILES string of the molecule is COc1cccc(Cl)c1Nc1nc(Nc2c(Cl)cccc2OC)nc(N2CCCCCC2)n1. The van der Waals surface area contributed by atoms with Crippen LogP contribution in [-0.2, 0) is 0 Å². The molecule has 0 unspecified atom stereocenters. The van der Waals surface area contributed by atoms with Gasteiger partial charge in [-0.25, -0.2) is 0 Å². The van der Waals surface area contributed by atoms with Crippen molar-refractivity contribution in [1.29, 1.82) is 0 Å². The van der Waals surface area contributed by atoms with Gasteiger partial charge in [0.2, 0.25) is 17.8 Å². The van der Waals surface area contributed by atoms with Gasteiger partial charge in [0.15, 0.2) is 0 Å². The van der Waals surface area contributed by atoms with E-state index in [-0.39, 0.29) is 0 Å². The third kappa shape index (κ3) is 5.51. The van der Waals surface area contributed by atoms with E-state index >= 15 is 0 Å². The Kier molecular flexibility index (Phi) is 7.57. The van der Waals surface area contributed by atoms with Crippen molar-refractivity contribution in [2.24, 2.45) is 0 Å². The second-order valence-electron chi connectivity index (χ2n) is 7.57. The molecule has 1 aliphatic rings. The number of ether oxygens (including phenoxy) is 2. The Morgan fingerprint density at radius 3 is 1.67 bits per heavy atom. The zero-order valence-corrected chi connectivity index (χ0v) is 20.1. The predicted molar refractivity (Wildman–Crippen MR) is 133 cm³/mol. The first kappa shape index (κ1) is 23.2. The summed E-state index contributed by atoms with van der Waals surface area (Å²) in [5.41, 5.74) is 1.16. The van der Waals surface area contributed by atoms with Crippen LogP contribution in [0.15, 0.2) is 36.4 Å². The van der Waals surface area contributed by atoms with Gasteiger partial charge < -0.3 is 25.0 Å². The highest BCUT2D eigenvalue weighted by Gasteiger charge is 2.19. The van der Waals surface area contributed by atoms with Crippen molar-refractivity contribution in [2.75, 3.05) is 42.8 Å². The molecule has 0 atom stereocenters. The van der Waals surface area contributed by atoms with Crippen LogP contribution in [0.1, 0.15) is 25.7 Å². The van der Waals surface area contributed by atoms with E-state index in [4.69, 9.17) is 42.6 Å². The van der Waals surface area contributed by atoms with Gasteiger partial charge in [0.1, 0.15) is 22.9 Å². The summed E-state index contributed by atoms with van der Waals surface area (Å²) in [5.74, 6) is 2.42. The molecule has 2 heterocycles. The molecule has 0 spiro atoms. The van der Waals surface area contributed by atoms with Crippen molar-refractivity contribution in [3.8, 4) is 11.5 Å². The number of para-hydroxylation sites is 2. The zero-order chi connectivity index (χ0) is 23.2. The van der Waals surface area contributed by atoms with E-state index in [2.05, 4.69) is 20.5 Å². The summed E-state index contributed by atoms with van der Waals surface area (Å²) in [4.78, 5) is 16.1. The lowest BCUT2D eigenvalue weighted by atomic mass is 10.2. The van der Waals surface area contributed by atoms with Crippen LogP contribution in [0.25, 0.3) is 0 Å². The van der Waals surface area contributed by atoms with Gasteiger partial charge in [0, 0.05) is 13.1 Å². The molecule has 0 amide bonds. The third-order valence-corrected chi connectivity index (χ3v) is 6.01. The maximum Gasteiger partial charge on any atom is 0.233 e. The monoisotopic (exact) mass is 488 g/mol. The number of hydrogen-bond donors (Lipinski definition) is 2. The van der Waals surface area contributed by atoms with Crippen molar-refractivity contribution in [1.82, 2.24) is 15.0 Å². The summed E-state index contributed by atoms with van der Waals surface area (Å²) in [6, 6.07) is 10.8. The molecular weight excluding hydrogens is 463 g/mol. The first-order valence-electron chi connectivity index (χ1n) is 10.8. The summed E-state index contributed by atoms with van der Waals surface area (Å²) < 4.78 is 10.9. The summed E-state index contributed by atoms with van der Waals surface area (Å²) in [7, 11) is 3.17. The van der Waals surface area contributed by atoms with Gasteiger partial charge in [-0.05, 0) is 37.1 Å². The molecule has 33 heavy (non-hydrogen) atoms. The Morgan fingerprint density at radius 1 is 0.727 bits per heavy atom. The van der Waals surface area contributed by atoms with Crippen LogP contribution in [0.5, 0.6) is 11.5 Å². The van der Waals surface area contributed by atoms with E-state index in [0.29, 0.717) is 50.8 Å². The lowest BCUT2D eigenvalue weighted by Crippen LogP contribution is -2.26. The molecule has 1 saturated heterocycles. The number of nitrogens with one attached hydrogen (secondary N) is 2.